The Morgan fingerprint density at radius 3 is 2.45 bits per heavy atom. The molecule has 2 aromatic carbocycles. The fraction of sp³-hybridized carbons (Fsp3) is 0.222. The molecule has 0 spiro atoms. The maximum Gasteiger partial charge on any atom is 0.225 e. The van der Waals surface area contributed by atoms with Crippen molar-refractivity contribution in [3.8, 4) is 6.07 Å². The van der Waals surface area contributed by atoms with Gasteiger partial charge in [0.1, 0.15) is 11.9 Å². The number of amides is 1. The Morgan fingerprint density at radius 1 is 1.18 bits per heavy atom. The van der Waals surface area contributed by atoms with Gasteiger partial charge in [0.25, 0.3) is 0 Å². The zero-order valence-electron chi connectivity index (χ0n) is 12.6. The monoisotopic (exact) mass is 296 g/mol. The molecule has 0 aromatic heterocycles. The topological polar surface area (TPSA) is 52.9 Å². The molecule has 0 aliphatic rings. The van der Waals surface area contributed by atoms with Crippen molar-refractivity contribution in [1.29, 1.82) is 5.26 Å². The minimum Gasteiger partial charge on any atom is -0.336 e. The van der Waals surface area contributed by atoms with E-state index in [0.717, 1.165) is 11.1 Å². The minimum absolute atomic E-state index is 0.209. The van der Waals surface area contributed by atoms with Gasteiger partial charge in [-0.05, 0) is 48.2 Å². The van der Waals surface area contributed by atoms with Crippen LogP contribution in [0.25, 0.3) is 0 Å². The van der Waals surface area contributed by atoms with E-state index in [1.807, 2.05) is 38.1 Å². The summed E-state index contributed by atoms with van der Waals surface area (Å²) >= 11 is 0. The van der Waals surface area contributed by atoms with Crippen molar-refractivity contribution in [3.63, 3.8) is 0 Å². The van der Waals surface area contributed by atoms with E-state index in [-0.39, 0.29) is 18.1 Å². The van der Waals surface area contributed by atoms with Crippen molar-refractivity contribution in [3.05, 3.63) is 70.5 Å². The maximum atomic E-state index is 12.9. The number of hydrogen-bond donors (Lipinski definition) is 1. The van der Waals surface area contributed by atoms with Gasteiger partial charge >= 0.3 is 0 Å². The Morgan fingerprint density at radius 2 is 1.86 bits per heavy atom. The summed E-state index contributed by atoms with van der Waals surface area (Å²) in [4.78, 5) is 12.1. The summed E-state index contributed by atoms with van der Waals surface area (Å²) in [6.07, 6.45) is 0.209. The Balaban J connectivity index is 2.05. The van der Waals surface area contributed by atoms with E-state index in [4.69, 9.17) is 0 Å². The molecule has 0 radical (unpaired) electrons. The number of carbonyl (C=O) groups excluding carboxylic acids is 1. The molecule has 0 aliphatic carbocycles. The van der Waals surface area contributed by atoms with Crippen LogP contribution in [0.1, 0.15) is 28.3 Å². The van der Waals surface area contributed by atoms with Gasteiger partial charge < -0.3 is 5.32 Å². The molecule has 112 valence electrons. The maximum absolute atomic E-state index is 12.9. The normalized spacial score (nSPS) is 11.5. The standard InChI is InChI=1S/C18H17FN2O/c1-12-3-4-14(9-13(12)2)10-18(22)21-17(11-20)15-5-7-16(19)8-6-15/h3-9,17H,10H2,1-2H3,(H,21,22)/t17-/m1/s1. The highest BCUT2D eigenvalue weighted by Gasteiger charge is 2.14. The number of carbonyl (C=O) groups is 1. The van der Waals surface area contributed by atoms with Crippen LogP contribution >= 0.6 is 0 Å². The van der Waals surface area contributed by atoms with Crippen molar-refractivity contribution < 1.29 is 9.18 Å². The first-order chi connectivity index (χ1) is 10.5. The molecule has 3 nitrogen and oxygen atoms in total. The lowest BCUT2D eigenvalue weighted by atomic mass is 10.0. The van der Waals surface area contributed by atoms with Crippen LogP contribution in [-0.4, -0.2) is 5.91 Å². The van der Waals surface area contributed by atoms with Gasteiger partial charge in [-0.3, -0.25) is 4.79 Å². The van der Waals surface area contributed by atoms with Gasteiger partial charge in [0, 0.05) is 0 Å². The summed E-state index contributed by atoms with van der Waals surface area (Å²) in [7, 11) is 0. The lowest BCUT2D eigenvalue weighted by Crippen LogP contribution is -2.29. The smallest absolute Gasteiger partial charge is 0.225 e. The number of hydrogen-bond acceptors (Lipinski definition) is 2. The van der Waals surface area contributed by atoms with E-state index < -0.39 is 6.04 Å². The molecule has 0 saturated heterocycles. The van der Waals surface area contributed by atoms with Crippen molar-refractivity contribution in [2.75, 3.05) is 0 Å². The molecule has 0 fully saturated rings. The lowest BCUT2D eigenvalue weighted by molar-refractivity contribution is -0.120. The van der Waals surface area contributed by atoms with Gasteiger partial charge in [0.15, 0.2) is 0 Å². The van der Waals surface area contributed by atoms with Gasteiger partial charge in [-0.1, -0.05) is 30.3 Å². The van der Waals surface area contributed by atoms with Crippen LogP contribution in [0.4, 0.5) is 4.39 Å². The summed E-state index contributed by atoms with van der Waals surface area (Å²) in [5.74, 6) is -0.610. The molecule has 0 bridgehead atoms. The van der Waals surface area contributed by atoms with E-state index in [1.54, 1.807) is 0 Å². The van der Waals surface area contributed by atoms with Crippen molar-refractivity contribution in [2.45, 2.75) is 26.3 Å². The molecule has 1 N–H and O–H groups in total. The molecule has 2 aromatic rings. The van der Waals surface area contributed by atoms with E-state index in [0.29, 0.717) is 5.56 Å². The Labute approximate surface area is 129 Å². The number of halogens is 1. The third-order valence-electron chi connectivity index (χ3n) is 3.57. The number of aryl methyl sites for hydroxylation is 2. The van der Waals surface area contributed by atoms with Crippen molar-refractivity contribution >= 4 is 5.91 Å². The fourth-order valence-corrected chi connectivity index (χ4v) is 2.16. The summed E-state index contributed by atoms with van der Waals surface area (Å²) in [6, 6.07) is 12.6. The van der Waals surface area contributed by atoms with E-state index >= 15 is 0 Å². The second-order valence-electron chi connectivity index (χ2n) is 5.28. The van der Waals surface area contributed by atoms with E-state index in [1.165, 1.54) is 29.8 Å². The number of benzene rings is 2. The van der Waals surface area contributed by atoms with Crippen molar-refractivity contribution in [1.82, 2.24) is 5.32 Å². The van der Waals surface area contributed by atoms with Crippen LogP contribution in [0, 0.1) is 31.0 Å². The van der Waals surface area contributed by atoms with Crippen LogP contribution in [0.3, 0.4) is 0 Å². The van der Waals surface area contributed by atoms with Gasteiger partial charge in [-0.2, -0.15) is 5.26 Å². The Kier molecular flexibility index (Phi) is 4.90. The SMILES string of the molecule is Cc1ccc(CC(=O)N[C@H](C#N)c2ccc(F)cc2)cc1C. The zero-order chi connectivity index (χ0) is 16.1. The van der Waals surface area contributed by atoms with Gasteiger partial charge in [0.2, 0.25) is 5.91 Å². The largest absolute Gasteiger partial charge is 0.336 e. The summed E-state index contributed by atoms with van der Waals surface area (Å²) in [5.41, 5.74) is 3.76. The third-order valence-corrected chi connectivity index (χ3v) is 3.57. The average Bonchev–Trinajstić information content (AvgIpc) is 2.49. The van der Waals surface area contributed by atoms with Crippen LogP contribution in [0.15, 0.2) is 42.5 Å². The molecule has 0 unspecified atom stereocenters. The molecule has 0 heterocycles. The number of nitriles is 1. The summed E-state index contributed by atoms with van der Waals surface area (Å²) < 4.78 is 12.9. The molecular weight excluding hydrogens is 279 g/mol. The number of nitrogens with zero attached hydrogens (tertiary/aromatic N) is 1. The Hall–Kier alpha value is -2.67. The van der Waals surface area contributed by atoms with Crippen LogP contribution in [-0.2, 0) is 11.2 Å². The van der Waals surface area contributed by atoms with Gasteiger partial charge in [0.05, 0.1) is 12.5 Å². The Bertz CT molecular complexity index is 717. The highest BCUT2D eigenvalue weighted by molar-refractivity contribution is 5.79. The first-order valence-corrected chi connectivity index (χ1v) is 7.00. The molecule has 1 amide bonds. The summed E-state index contributed by atoms with van der Waals surface area (Å²) in [6.45, 7) is 4.01. The number of rotatable bonds is 4. The summed E-state index contributed by atoms with van der Waals surface area (Å²) in [5, 5.41) is 11.8. The van der Waals surface area contributed by atoms with Gasteiger partial charge in [-0.15, -0.1) is 0 Å². The molecule has 0 aliphatic heterocycles. The lowest BCUT2D eigenvalue weighted by Gasteiger charge is -2.12. The zero-order valence-corrected chi connectivity index (χ0v) is 12.6. The van der Waals surface area contributed by atoms with E-state index in [2.05, 4.69) is 5.32 Å². The van der Waals surface area contributed by atoms with Crippen LogP contribution in [0.5, 0.6) is 0 Å². The first-order valence-electron chi connectivity index (χ1n) is 7.00. The quantitative estimate of drug-likeness (QED) is 0.940. The third kappa shape index (κ3) is 3.92. The molecule has 4 heteroatoms. The predicted octanol–water partition coefficient (Wildman–Crippen LogP) is 3.37. The van der Waals surface area contributed by atoms with Gasteiger partial charge in [-0.25, -0.2) is 4.39 Å². The van der Waals surface area contributed by atoms with Crippen LogP contribution < -0.4 is 5.32 Å². The second kappa shape index (κ2) is 6.86. The second-order valence-corrected chi connectivity index (χ2v) is 5.28. The molecule has 22 heavy (non-hydrogen) atoms. The van der Waals surface area contributed by atoms with Crippen molar-refractivity contribution in [2.24, 2.45) is 0 Å². The molecule has 2 rings (SSSR count). The predicted molar refractivity (Wildman–Crippen MR) is 82.5 cm³/mol. The van der Waals surface area contributed by atoms with E-state index in [9.17, 15) is 14.4 Å². The molecular formula is C18H17FN2O. The average molecular weight is 296 g/mol. The minimum atomic E-state index is -0.778. The highest BCUT2D eigenvalue weighted by atomic mass is 19.1. The highest BCUT2D eigenvalue weighted by Crippen LogP contribution is 2.14. The van der Waals surface area contributed by atoms with Crippen LogP contribution in [0.2, 0.25) is 0 Å². The fourth-order valence-electron chi connectivity index (χ4n) is 2.16. The molecule has 1 atom stereocenters. The molecule has 0 saturated carbocycles. The number of nitrogens with one attached hydrogen (secondary N) is 1. The first kappa shape index (κ1) is 15.7.